The van der Waals surface area contributed by atoms with Crippen molar-refractivity contribution in [2.24, 2.45) is 0 Å². The Balaban J connectivity index is 2.00. The third-order valence-corrected chi connectivity index (χ3v) is 2.98. The Morgan fingerprint density at radius 1 is 1.25 bits per heavy atom. The summed E-state index contributed by atoms with van der Waals surface area (Å²) in [7, 11) is 0. The van der Waals surface area contributed by atoms with Gasteiger partial charge in [-0.25, -0.2) is 4.39 Å². The molecule has 0 aliphatic heterocycles. The Morgan fingerprint density at radius 3 is 2.60 bits per heavy atom. The maximum absolute atomic E-state index is 12.7. The first-order valence-electron chi connectivity index (χ1n) is 5.62. The van der Waals surface area contributed by atoms with Gasteiger partial charge in [0.25, 0.3) is 5.69 Å². The fourth-order valence-corrected chi connectivity index (χ4v) is 1.87. The third kappa shape index (κ3) is 3.75. The maximum Gasteiger partial charge on any atom is 0.295 e. The van der Waals surface area contributed by atoms with E-state index in [1.165, 1.54) is 24.3 Å². The van der Waals surface area contributed by atoms with Crippen LogP contribution in [0.4, 0.5) is 15.8 Å². The molecule has 7 heteroatoms. The number of hydrogen-bond donors (Lipinski definition) is 1. The molecule has 0 spiro atoms. The minimum absolute atomic E-state index is 0.0986. The number of nitrogens with one attached hydrogen (secondary N) is 1. The fourth-order valence-electron chi connectivity index (χ4n) is 1.52. The molecule has 0 radical (unpaired) electrons. The predicted octanol–water partition coefficient (Wildman–Crippen LogP) is 4.04. The van der Waals surface area contributed by atoms with Crippen molar-refractivity contribution in [3.8, 4) is 0 Å². The van der Waals surface area contributed by atoms with Gasteiger partial charge in [0.1, 0.15) is 11.5 Å². The molecule has 2 rings (SSSR count). The van der Waals surface area contributed by atoms with Crippen LogP contribution in [0.25, 0.3) is 0 Å². The van der Waals surface area contributed by atoms with E-state index in [-0.39, 0.29) is 23.8 Å². The first-order chi connectivity index (χ1) is 9.56. The molecule has 0 bridgehead atoms. The molecule has 0 aliphatic carbocycles. The molecule has 0 saturated carbocycles. The van der Waals surface area contributed by atoms with Crippen LogP contribution in [-0.2, 0) is 11.4 Å². The summed E-state index contributed by atoms with van der Waals surface area (Å²) in [5, 5.41) is 10.9. The first kappa shape index (κ1) is 14.4. The Bertz CT molecular complexity index is 620. The molecule has 2 aromatic rings. The monoisotopic (exact) mass is 340 g/mol. The summed E-state index contributed by atoms with van der Waals surface area (Å²) in [6.07, 6.45) is 0. The zero-order valence-electron chi connectivity index (χ0n) is 10.2. The molecule has 2 aromatic carbocycles. The normalized spacial score (nSPS) is 10.3. The fraction of sp³-hybridized carbons (Fsp3) is 0.0769. The van der Waals surface area contributed by atoms with E-state index in [0.29, 0.717) is 4.47 Å². The average molecular weight is 341 g/mol. The van der Waals surface area contributed by atoms with E-state index < -0.39 is 4.92 Å². The van der Waals surface area contributed by atoms with Crippen LogP contribution in [0.5, 0.6) is 0 Å². The zero-order chi connectivity index (χ0) is 14.5. The van der Waals surface area contributed by atoms with Gasteiger partial charge in [0.15, 0.2) is 0 Å². The topological polar surface area (TPSA) is 64.4 Å². The van der Waals surface area contributed by atoms with Crippen molar-refractivity contribution in [1.29, 1.82) is 0 Å². The van der Waals surface area contributed by atoms with Crippen molar-refractivity contribution in [3.63, 3.8) is 0 Å². The number of hydrogen-bond acceptors (Lipinski definition) is 4. The van der Waals surface area contributed by atoms with Crippen LogP contribution in [-0.4, -0.2) is 4.92 Å². The SMILES string of the molecule is O=[N+]([O-])c1cc(Br)ccc1NOCc1ccc(F)cc1. The molecule has 0 atom stereocenters. The number of benzene rings is 2. The molecule has 0 heterocycles. The Labute approximate surface area is 122 Å². The summed E-state index contributed by atoms with van der Waals surface area (Å²) in [5.41, 5.74) is 3.43. The predicted molar refractivity (Wildman–Crippen MR) is 75.6 cm³/mol. The van der Waals surface area contributed by atoms with Gasteiger partial charge in [0.2, 0.25) is 0 Å². The molecule has 1 N–H and O–H groups in total. The van der Waals surface area contributed by atoms with Crippen LogP contribution < -0.4 is 5.48 Å². The van der Waals surface area contributed by atoms with Crippen molar-refractivity contribution < 1.29 is 14.2 Å². The standard InChI is InChI=1S/C13H10BrFN2O3/c14-10-3-6-12(13(7-10)17(18)19)16-20-8-9-1-4-11(15)5-2-9/h1-7,16H,8H2. The molecule has 104 valence electrons. The van der Waals surface area contributed by atoms with Crippen LogP contribution in [0, 0.1) is 15.9 Å². The average Bonchev–Trinajstić information content (AvgIpc) is 2.42. The second-order valence-corrected chi connectivity index (χ2v) is 4.85. The second kappa shape index (κ2) is 6.44. The van der Waals surface area contributed by atoms with Gasteiger partial charge in [-0.2, -0.15) is 0 Å². The van der Waals surface area contributed by atoms with E-state index >= 15 is 0 Å². The Kier molecular flexibility index (Phi) is 4.65. The highest BCUT2D eigenvalue weighted by molar-refractivity contribution is 9.10. The van der Waals surface area contributed by atoms with E-state index in [9.17, 15) is 14.5 Å². The molecule has 0 unspecified atom stereocenters. The van der Waals surface area contributed by atoms with Gasteiger partial charge < -0.3 is 0 Å². The highest BCUT2D eigenvalue weighted by Crippen LogP contribution is 2.28. The number of anilines is 1. The van der Waals surface area contributed by atoms with Gasteiger partial charge in [-0.1, -0.05) is 28.1 Å². The second-order valence-electron chi connectivity index (χ2n) is 3.94. The van der Waals surface area contributed by atoms with Gasteiger partial charge in [0, 0.05) is 10.5 Å². The minimum atomic E-state index is -0.506. The van der Waals surface area contributed by atoms with Crippen molar-refractivity contribution in [1.82, 2.24) is 0 Å². The van der Waals surface area contributed by atoms with Gasteiger partial charge in [-0.15, -0.1) is 0 Å². The highest BCUT2D eigenvalue weighted by atomic mass is 79.9. The van der Waals surface area contributed by atoms with Crippen LogP contribution >= 0.6 is 15.9 Å². The summed E-state index contributed by atoms with van der Waals surface area (Å²) in [4.78, 5) is 15.6. The van der Waals surface area contributed by atoms with Crippen molar-refractivity contribution >= 4 is 27.3 Å². The van der Waals surface area contributed by atoms with Crippen LogP contribution in [0.1, 0.15) is 5.56 Å². The van der Waals surface area contributed by atoms with Crippen LogP contribution in [0.3, 0.4) is 0 Å². The molecular weight excluding hydrogens is 331 g/mol. The smallest absolute Gasteiger partial charge is 0.271 e. The number of halogens is 2. The van der Waals surface area contributed by atoms with Crippen LogP contribution in [0.2, 0.25) is 0 Å². The van der Waals surface area contributed by atoms with Crippen molar-refractivity contribution in [3.05, 3.63) is 68.4 Å². The molecular formula is C13H10BrFN2O3. The molecule has 20 heavy (non-hydrogen) atoms. The van der Waals surface area contributed by atoms with E-state index in [2.05, 4.69) is 21.4 Å². The zero-order valence-corrected chi connectivity index (χ0v) is 11.8. The van der Waals surface area contributed by atoms with Gasteiger partial charge in [0.05, 0.1) is 11.5 Å². The van der Waals surface area contributed by atoms with E-state index in [4.69, 9.17) is 4.84 Å². The molecule has 0 fully saturated rings. The molecule has 0 aromatic heterocycles. The van der Waals surface area contributed by atoms with Gasteiger partial charge in [-0.3, -0.25) is 20.4 Å². The molecule has 0 amide bonds. The minimum Gasteiger partial charge on any atom is -0.271 e. The first-order valence-corrected chi connectivity index (χ1v) is 6.42. The lowest BCUT2D eigenvalue weighted by Gasteiger charge is -2.08. The van der Waals surface area contributed by atoms with E-state index in [0.717, 1.165) is 5.56 Å². The number of nitro benzene ring substituents is 1. The largest absolute Gasteiger partial charge is 0.295 e. The molecule has 5 nitrogen and oxygen atoms in total. The van der Waals surface area contributed by atoms with Crippen LogP contribution in [0.15, 0.2) is 46.9 Å². The third-order valence-electron chi connectivity index (χ3n) is 2.49. The lowest BCUT2D eigenvalue weighted by molar-refractivity contribution is -0.384. The summed E-state index contributed by atoms with van der Waals surface area (Å²) < 4.78 is 13.3. The van der Waals surface area contributed by atoms with E-state index in [1.807, 2.05) is 0 Å². The Morgan fingerprint density at radius 2 is 1.95 bits per heavy atom. The quantitative estimate of drug-likeness (QED) is 0.658. The maximum atomic E-state index is 12.7. The van der Waals surface area contributed by atoms with Crippen molar-refractivity contribution in [2.45, 2.75) is 6.61 Å². The summed E-state index contributed by atoms with van der Waals surface area (Å²) in [5.74, 6) is -0.328. The number of nitro groups is 1. The lowest BCUT2D eigenvalue weighted by atomic mass is 10.2. The van der Waals surface area contributed by atoms with Crippen molar-refractivity contribution in [2.75, 3.05) is 5.48 Å². The van der Waals surface area contributed by atoms with Gasteiger partial charge >= 0.3 is 0 Å². The summed E-state index contributed by atoms with van der Waals surface area (Å²) in [6.45, 7) is 0.160. The summed E-state index contributed by atoms with van der Waals surface area (Å²) in [6, 6.07) is 10.4. The lowest BCUT2D eigenvalue weighted by Crippen LogP contribution is -2.04. The molecule has 0 aliphatic rings. The summed E-state index contributed by atoms with van der Waals surface area (Å²) >= 11 is 3.17. The number of nitrogens with zero attached hydrogens (tertiary/aromatic N) is 1. The highest BCUT2D eigenvalue weighted by Gasteiger charge is 2.14. The molecule has 0 saturated heterocycles. The van der Waals surface area contributed by atoms with Gasteiger partial charge in [-0.05, 0) is 29.8 Å². The van der Waals surface area contributed by atoms with E-state index in [1.54, 1.807) is 18.2 Å². The Hall–Kier alpha value is -1.99. The number of rotatable bonds is 5.